The van der Waals surface area contributed by atoms with E-state index in [0.29, 0.717) is 6.67 Å². The molecule has 4 heterocycles. The highest BCUT2D eigenvalue weighted by Gasteiger charge is 2.34. The second-order valence-corrected chi connectivity index (χ2v) is 19.1. The first-order valence-electron chi connectivity index (χ1n) is 21.1. The molecule has 0 unspecified atom stereocenters. The van der Waals surface area contributed by atoms with Gasteiger partial charge in [-0.25, -0.2) is 4.98 Å². The molecular formula is C55H52N4O. The fraction of sp³-hybridized carbons (Fsp3) is 0.218. The molecule has 0 atom stereocenters. The van der Waals surface area contributed by atoms with Crippen LogP contribution >= 0.6 is 0 Å². The van der Waals surface area contributed by atoms with E-state index in [9.17, 15) is 0 Å². The second-order valence-electron chi connectivity index (χ2n) is 19.1. The van der Waals surface area contributed by atoms with Crippen LogP contribution in [0.15, 0.2) is 158 Å². The number of anilines is 2. The summed E-state index contributed by atoms with van der Waals surface area (Å²) in [5, 5.41) is 2.34. The first-order chi connectivity index (χ1) is 28.7. The topological polar surface area (TPSA) is 33.5 Å². The Balaban J connectivity index is 1.03. The molecule has 0 bridgehead atoms. The van der Waals surface area contributed by atoms with E-state index in [1.807, 2.05) is 6.20 Å². The van der Waals surface area contributed by atoms with Crippen LogP contribution in [0.1, 0.15) is 83.2 Å². The SMILES string of the molecule is CC(C)(C)c1cc(N2C=C3c4ccccc4-c4ccc(Oc5ccc6c7ccccc7n(-c7cc(C(C)(C)c8ccccc8)ccn7)c6c5)cc4N3C2)cc(C(C)(C)C)c1. The summed E-state index contributed by atoms with van der Waals surface area (Å²) >= 11 is 0. The third-order valence-electron chi connectivity index (χ3n) is 12.7. The molecule has 0 aliphatic carbocycles. The Morgan fingerprint density at radius 1 is 0.517 bits per heavy atom. The number of hydrogen-bond donors (Lipinski definition) is 0. The quantitative estimate of drug-likeness (QED) is 0.168. The van der Waals surface area contributed by atoms with Crippen molar-refractivity contribution in [3.8, 4) is 28.4 Å². The zero-order valence-corrected chi connectivity index (χ0v) is 35.9. The van der Waals surface area contributed by atoms with Gasteiger partial charge in [-0.2, -0.15) is 0 Å². The minimum Gasteiger partial charge on any atom is -0.457 e. The summed E-state index contributed by atoms with van der Waals surface area (Å²) in [5.41, 5.74) is 14.4. The summed E-state index contributed by atoms with van der Waals surface area (Å²) in [6.45, 7) is 19.1. The van der Waals surface area contributed by atoms with Gasteiger partial charge in [0.1, 0.15) is 17.3 Å². The number of rotatable bonds is 6. The maximum absolute atomic E-state index is 6.84. The maximum atomic E-state index is 6.84. The van der Waals surface area contributed by atoms with Gasteiger partial charge in [0.05, 0.1) is 29.1 Å². The van der Waals surface area contributed by atoms with Crippen molar-refractivity contribution in [2.45, 2.75) is 71.6 Å². The number of benzene rings is 6. The monoisotopic (exact) mass is 784 g/mol. The van der Waals surface area contributed by atoms with Gasteiger partial charge in [-0.1, -0.05) is 134 Å². The van der Waals surface area contributed by atoms with Crippen LogP contribution in [0.2, 0.25) is 0 Å². The fourth-order valence-corrected chi connectivity index (χ4v) is 9.02. The van der Waals surface area contributed by atoms with Crippen LogP contribution in [0.3, 0.4) is 0 Å². The minimum absolute atomic E-state index is 0.0264. The predicted octanol–water partition coefficient (Wildman–Crippen LogP) is 14.2. The third-order valence-corrected chi connectivity index (χ3v) is 12.7. The summed E-state index contributed by atoms with van der Waals surface area (Å²) < 4.78 is 9.12. The standard InChI is InChI=1S/C55H52N4O/c1-53(2,3)38-28-39(54(4,5)6)30-40(29-38)57-34-51-44-19-13-12-18-43(44)46-24-22-41(32-49(46)58(51)35-57)60-42-23-25-47-45-20-14-15-21-48(45)59(50(47)33-42)52-31-37(26-27-56-52)55(7,8)36-16-10-9-11-17-36/h9-34H,35H2,1-8H3. The Kier molecular flexibility index (Phi) is 8.62. The number of pyridine rings is 1. The van der Waals surface area contributed by atoms with E-state index in [4.69, 9.17) is 9.72 Å². The van der Waals surface area contributed by atoms with E-state index < -0.39 is 0 Å². The lowest BCUT2D eigenvalue weighted by Crippen LogP contribution is -2.29. The van der Waals surface area contributed by atoms with E-state index in [-0.39, 0.29) is 16.2 Å². The average Bonchev–Trinajstić information content (AvgIpc) is 3.84. The van der Waals surface area contributed by atoms with Crippen LogP contribution in [0.25, 0.3) is 44.4 Å². The first-order valence-corrected chi connectivity index (χ1v) is 21.1. The average molecular weight is 785 g/mol. The van der Waals surface area contributed by atoms with Crippen LogP contribution in [0, 0.1) is 0 Å². The fourth-order valence-electron chi connectivity index (χ4n) is 9.02. The number of aromatic nitrogens is 2. The van der Waals surface area contributed by atoms with Crippen LogP contribution in [0.5, 0.6) is 11.5 Å². The van der Waals surface area contributed by atoms with Gasteiger partial charge >= 0.3 is 0 Å². The van der Waals surface area contributed by atoms with Crippen LogP contribution in [-0.2, 0) is 16.2 Å². The first kappa shape index (κ1) is 37.7. The molecule has 0 fully saturated rings. The van der Waals surface area contributed by atoms with Crippen molar-refractivity contribution in [1.82, 2.24) is 9.55 Å². The lowest BCUT2D eigenvalue weighted by molar-refractivity contribution is 0.483. The summed E-state index contributed by atoms with van der Waals surface area (Å²) in [5.74, 6) is 2.45. The lowest BCUT2D eigenvalue weighted by atomic mass is 9.78. The van der Waals surface area contributed by atoms with Crippen molar-refractivity contribution in [3.05, 3.63) is 186 Å². The Morgan fingerprint density at radius 2 is 1.17 bits per heavy atom. The zero-order chi connectivity index (χ0) is 41.6. The number of fused-ring (bicyclic) bond motifs is 9. The Bertz CT molecular complexity index is 2960. The van der Waals surface area contributed by atoms with Crippen LogP contribution in [-0.4, -0.2) is 16.2 Å². The number of hydrogen-bond acceptors (Lipinski definition) is 4. The van der Waals surface area contributed by atoms with Gasteiger partial charge in [-0.15, -0.1) is 0 Å². The molecule has 0 saturated carbocycles. The summed E-state index contributed by atoms with van der Waals surface area (Å²) in [6.07, 6.45) is 4.27. The molecule has 6 aromatic carbocycles. The Morgan fingerprint density at radius 3 is 1.92 bits per heavy atom. The van der Waals surface area contributed by atoms with Crippen LogP contribution in [0.4, 0.5) is 11.4 Å². The normalized spacial score (nSPS) is 14.0. The largest absolute Gasteiger partial charge is 0.457 e. The molecule has 0 saturated heterocycles. The Hall–Kier alpha value is -6.59. The molecule has 0 radical (unpaired) electrons. The van der Waals surface area contributed by atoms with Crippen LogP contribution < -0.4 is 14.5 Å². The molecule has 10 rings (SSSR count). The molecule has 0 N–H and O–H groups in total. The molecule has 60 heavy (non-hydrogen) atoms. The summed E-state index contributed by atoms with van der Waals surface area (Å²) in [4.78, 5) is 9.83. The van der Waals surface area contributed by atoms with E-state index in [2.05, 4.69) is 222 Å². The van der Waals surface area contributed by atoms with E-state index in [1.165, 1.54) is 55.7 Å². The molecule has 2 aliphatic heterocycles. The summed E-state index contributed by atoms with van der Waals surface area (Å²) in [7, 11) is 0. The molecule has 5 heteroatoms. The molecule has 2 aliphatic rings. The molecular weight excluding hydrogens is 733 g/mol. The van der Waals surface area contributed by atoms with Crippen molar-refractivity contribution in [3.63, 3.8) is 0 Å². The zero-order valence-electron chi connectivity index (χ0n) is 35.9. The third kappa shape index (κ3) is 6.35. The minimum atomic E-state index is -0.202. The molecule has 0 spiro atoms. The Labute approximate surface area is 354 Å². The van der Waals surface area contributed by atoms with E-state index in [0.717, 1.165) is 39.4 Å². The van der Waals surface area contributed by atoms with Gasteiger partial charge in [-0.05, 0) is 93.2 Å². The highest BCUT2D eigenvalue weighted by atomic mass is 16.5. The highest BCUT2D eigenvalue weighted by molar-refractivity contribution is 6.09. The number of para-hydroxylation sites is 1. The van der Waals surface area contributed by atoms with Gasteiger partial charge in [0.25, 0.3) is 0 Å². The lowest BCUT2D eigenvalue weighted by Gasteiger charge is -2.32. The second kappa shape index (κ2) is 13.7. The van der Waals surface area contributed by atoms with E-state index >= 15 is 0 Å². The van der Waals surface area contributed by atoms with Gasteiger partial charge in [0.15, 0.2) is 0 Å². The molecule has 0 amide bonds. The maximum Gasteiger partial charge on any atom is 0.137 e. The van der Waals surface area contributed by atoms with E-state index in [1.54, 1.807) is 0 Å². The summed E-state index contributed by atoms with van der Waals surface area (Å²) in [6, 6.07) is 52.6. The molecule has 298 valence electrons. The van der Waals surface area contributed by atoms with Gasteiger partial charge in [0.2, 0.25) is 0 Å². The van der Waals surface area contributed by atoms with Crippen molar-refractivity contribution in [1.29, 1.82) is 0 Å². The highest BCUT2D eigenvalue weighted by Crippen LogP contribution is 2.49. The number of nitrogens with zero attached hydrogens (tertiary/aromatic N) is 4. The van der Waals surface area contributed by atoms with Crippen molar-refractivity contribution in [2.24, 2.45) is 0 Å². The molecule has 8 aromatic rings. The van der Waals surface area contributed by atoms with Gasteiger partial charge < -0.3 is 14.5 Å². The number of ether oxygens (including phenoxy) is 1. The van der Waals surface area contributed by atoms with Crippen molar-refractivity contribution in [2.75, 3.05) is 16.5 Å². The molecule has 2 aromatic heterocycles. The van der Waals surface area contributed by atoms with Gasteiger partial charge in [-0.3, -0.25) is 4.57 Å². The predicted molar refractivity (Wildman–Crippen MR) is 251 cm³/mol. The molecule has 5 nitrogen and oxygen atoms in total. The van der Waals surface area contributed by atoms with Crippen molar-refractivity contribution < 1.29 is 4.74 Å². The smallest absolute Gasteiger partial charge is 0.137 e. The van der Waals surface area contributed by atoms with Crippen molar-refractivity contribution >= 4 is 38.9 Å². The van der Waals surface area contributed by atoms with Gasteiger partial charge in [0, 0.05) is 57.5 Å².